The molecule has 1 aromatic heterocycles. The van der Waals surface area contributed by atoms with Crippen molar-refractivity contribution < 1.29 is 9.18 Å². The summed E-state index contributed by atoms with van der Waals surface area (Å²) in [7, 11) is 1.71. The molecule has 0 N–H and O–H groups in total. The van der Waals surface area contributed by atoms with Gasteiger partial charge in [-0.2, -0.15) is 0 Å². The summed E-state index contributed by atoms with van der Waals surface area (Å²) in [5.74, 6) is -0.448. The number of amides is 1. The Morgan fingerprint density at radius 3 is 2.64 bits per heavy atom. The fraction of sp³-hybridized carbons (Fsp3) is 0.100. The van der Waals surface area contributed by atoms with E-state index in [-0.39, 0.29) is 11.7 Å². The molecule has 1 heterocycles. The normalized spacial score (nSPS) is 10.5. The molecular formula is C20H17FN2OS. The van der Waals surface area contributed by atoms with E-state index in [0.29, 0.717) is 17.1 Å². The quantitative estimate of drug-likeness (QED) is 0.670. The van der Waals surface area contributed by atoms with E-state index in [0.717, 1.165) is 10.5 Å². The van der Waals surface area contributed by atoms with Gasteiger partial charge in [-0.05, 0) is 42.0 Å². The zero-order chi connectivity index (χ0) is 17.6. The average Bonchev–Trinajstić information content (AvgIpc) is 2.62. The van der Waals surface area contributed by atoms with E-state index in [2.05, 4.69) is 4.98 Å². The molecule has 3 aromatic rings. The van der Waals surface area contributed by atoms with Crippen LogP contribution < -0.4 is 0 Å². The van der Waals surface area contributed by atoms with Gasteiger partial charge in [-0.15, -0.1) is 0 Å². The highest BCUT2D eigenvalue weighted by atomic mass is 32.2. The second-order valence-corrected chi connectivity index (χ2v) is 6.62. The highest BCUT2D eigenvalue weighted by Gasteiger charge is 2.17. The Morgan fingerprint density at radius 1 is 1.08 bits per heavy atom. The molecule has 0 saturated carbocycles. The van der Waals surface area contributed by atoms with Crippen LogP contribution in [0.3, 0.4) is 0 Å². The molecule has 0 aliphatic heterocycles. The van der Waals surface area contributed by atoms with Gasteiger partial charge in [-0.3, -0.25) is 4.79 Å². The van der Waals surface area contributed by atoms with E-state index in [9.17, 15) is 9.18 Å². The van der Waals surface area contributed by atoms with Crippen molar-refractivity contribution in [1.29, 1.82) is 0 Å². The third kappa shape index (κ3) is 4.45. The van der Waals surface area contributed by atoms with Gasteiger partial charge in [0.2, 0.25) is 0 Å². The molecule has 0 fully saturated rings. The third-order valence-corrected chi connectivity index (χ3v) is 4.64. The van der Waals surface area contributed by atoms with Crippen LogP contribution in [0.2, 0.25) is 0 Å². The molecule has 0 saturated heterocycles. The van der Waals surface area contributed by atoms with Crippen LogP contribution in [0.5, 0.6) is 0 Å². The number of rotatable bonds is 5. The highest BCUT2D eigenvalue weighted by Crippen LogP contribution is 2.29. The lowest BCUT2D eigenvalue weighted by molar-refractivity contribution is 0.0780. The van der Waals surface area contributed by atoms with Crippen molar-refractivity contribution in [1.82, 2.24) is 9.88 Å². The van der Waals surface area contributed by atoms with Crippen molar-refractivity contribution in [3.63, 3.8) is 0 Å². The van der Waals surface area contributed by atoms with E-state index in [1.54, 1.807) is 42.4 Å². The number of pyridine rings is 1. The molecule has 0 aliphatic rings. The van der Waals surface area contributed by atoms with Crippen LogP contribution in [-0.2, 0) is 6.54 Å². The lowest BCUT2D eigenvalue weighted by Gasteiger charge is -2.18. The number of halogens is 1. The molecule has 0 bridgehead atoms. The Hall–Kier alpha value is -2.66. The summed E-state index contributed by atoms with van der Waals surface area (Å²) >= 11 is 1.45. The van der Waals surface area contributed by atoms with Crippen molar-refractivity contribution in [2.24, 2.45) is 0 Å². The standard InChI is InChI=1S/C20H17FN2OS/c1-23(14-15-7-5-8-16(21)13-15)20(24)18-11-6-12-22-19(18)25-17-9-3-2-4-10-17/h2-13H,14H2,1H3. The molecule has 0 unspecified atom stereocenters. The SMILES string of the molecule is CN(Cc1cccc(F)c1)C(=O)c1cccnc1Sc1ccccc1. The maximum atomic E-state index is 13.3. The molecule has 126 valence electrons. The fourth-order valence-corrected chi connectivity index (χ4v) is 3.32. The molecule has 1 amide bonds. The van der Waals surface area contributed by atoms with Gasteiger partial charge in [-0.25, -0.2) is 9.37 Å². The minimum absolute atomic E-state index is 0.143. The maximum Gasteiger partial charge on any atom is 0.256 e. The van der Waals surface area contributed by atoms with Gasteiger partial charge in [0.25, 0.3) is 5.91 Å². The Kier molecular flexibility index (Phi) is 5.46. The number of carbonyl (C=O) groups excluding carboxylic acids is 1. The van der Waals surface area contributed by atoms with Gasteiger partial charge in [0, 0.05) is 24.7 Å². The van der Waals surface area contributed by atoms with Gasteiger partial charge in [0.1, 0.15) is 10.8 Å². The zero-order valence-electron chi connectivity index (χ0n) is 13.7. The van der Waals surface area contributed by atoms with Gasteiger partial charge in [-0.1, -0.05) is 42.1 Å². The summed E-state index contributed by atoms with van der Waals surface area (Å²) in [6, 6.07) is 19.6. The molecule has 3 rings (SSSR count). The number of hydrogen-bond acceptors (Lipinski definition) is 3. The van der Waals surface area contributed by atoms with Crippen LogP contribution >= 0.6 is 11.8 Å². The number of hydrogen-bond donors (Lipinski definition) is 0. The number of carbonyl (C=O) groups is 1. The average molecular weight is 352 g/mol. The van der Waals surface area contributed by atoms with Gasteiger partial charge in [0.15, 0.2) is 0 Å². The third-order valence-electron chi connectivity index (χ3n) is 3.61. The molecule has 5 heteroatoms. The van der Waals surface area contributed by atoms with Crippen LogP contribution in [-0.4, -0.2) is 22.8 Å². The van der Waals surface area contributed by atoms with Gasteiger partial charge in [0.05, 0.1) is 5.56 Å². The van der Waals surface area contributed by atoms with E-state index < -0.39 is 0 Å². The molecule has 0 atom stereocenters. The first-order chi connectivity index (χ1) is 12.1. The second kappa shape index (κ2) is 7.94. The van der Waals surface area contributed by atoms with Crippen LogP contribution in [0.15, 0.2) is 82.8 Å². The molecule has 0 spiro atoms. The van der Waals surface area contributed by atoms with Crippen LogP contribution in [0.25, 0.3) is 0 Å². The van der Waals surface area contributed by atoms with Crippen molar-refractivity contribution in [2.45, 2.75) is 16.5 Å². The smallest absolute Gasteiger partial charge is 0.256 e. The summed E-state index contributed by atoms with van der Waals surface area (Å²) < 4.78 is 13.3. The number of nitrogens with zero attached hydrogens (tertiary/aromatic N) is 2. The van der Waals surface area contributed by atoms with Crippen molar-refractivity contribution in [3.05, 3.63) is 89.9 Å². The van der Waals surface area contributed by atoms with Crippen molar-refractivity contribution in [2.75, 3.05) is 7.05 Å². The first-order valence-electron chi connectivity index (χ1n) is 7.81. The van der Waals surface area contributed by atoms with Crippen molar-refractivity contribution >= 4 is 17.7 Å². The summed E-state index contributed by atoms with van der Waals surface area (Å²) in [6.45, 7) is 0.334. The Morgan fingerprint density at radius 2 is 1.88 bits per heavy atom. The number of aromatic nitrogens is 1. The van der Waals surface area contributed by atoms with Gasteiger partial charge >= 0.3 is 0 Å². The summed E-state index contributed by atoms with van der Waals surface area (Å²) in [5, 5.41) is 0.657. The monoisotopic (exact) mass is 352 g/mol. The minimum Gasteiger partial charge on any atom is -0.337 e. The lowest BCUT2D eigenvalue weighted by Crippen LogP contribution is -2.26. The second-order valence-electron chi connectivity index (χ2n) is 5.56. The first kappa shape index (κ1) is 17.2. The molecule has 0 radical (unpaired) electrons. The molecular weight excluding hydrogens is 335 g/mol. The summed E-state index contributed by atoms with van der Waals surface area (Å²) in [4.78, 5) is 19.8. The van der Waals surface area contributed by atoms with Crippen LogP contribution in [0.1, 0.15) is 15.9 Å². The lowest BCUT2D eigenvalue weighted by atomic mass is 10.2. The largest absolute Gasteiger partial charge is 0.337 e. The van der Waals surface area contributed by atoms with Crippen molar-refractivity contribution in [3.8, 4) is 0 Å². The molecule has 2 aromatic carbocycles. The zero-order valence-corrected chi connectivity index (χ0v) is 14.5. The van der Waals surface area contributed by atoms with Crippen LogP contribution in [0.4, 0.5) is 4.39 Å². The Labute approximate surface area is 150 Å². The number of benzene rings is 2. The van der Waals surface area contributed by atoms with E-state index in [4.69, 9.17) is 0 Å². The Balaban J connectivity index is 1.79. The predicted octanol–water partition coefficient (Wildman–Crippen LogP) is 4.64. The van der Waals surface area contributed by atoms with E-state index in [1.165, 1.54) is 23.9 Å². The van der Waals surface area contributed by atoms with E-state index in [1.807, 2.05) is 30.3 Å². The van der Waals surface area contributed by atoms with Crippen LogP contribution in [0, 0.1) is 5.82 Å². The predicted molar refractivity (Wildman–Crippen MR) is 97.0 cm³/mol. The molecule has 25 heavy (non-hydrogen) atoms. The summed E-state index contributed by atoms with van der Waals surface area (Å²) in [5.41, 5.74) is 1.28. The minimum atomic E-state index is -0.306. The molecule has 3 nitrogen and oxygen atoms in total. The Bertz CT molecular complexity index is 870. The summed E-state index contributed by atoms with van der Waals surface area (Å²) in [6.07, 6.45) is 1.68. The fourth-order valence-electron chi connectivity index (χ4n) is 2.42. The van der Waals surface area contributed by atoms with Gasteiger partial charge < -0.3 is 4.90 Å². The topological polar surface area (TPSA) is 33.2 Å². The highest BCUT2D eigenvalue weighted by molar-refractivity contribution is 7.99. The maximum absolute atomic E-state index is 13.3. The van der Waals surface area contributed by atoms with E-state index >= 15 is 0 Å². The first-order valence-corrected chi connectivity index (χ1v) is 8.63. The molecule has 0 aliphatic carbocycles.